The molecular formula is C14H23NO3. The number of hydrogen-bond donors (Lipinski definition) is 3. The summed E-state index contributed by atoms with van der Waals surface area (Å²) in [4.78, 5) is 0. The van der Waals surface area contributed by atoms with Gasteiger partial charge in [-0.15, -0.1) is 0 Å². The quantitative estimate of drug-likeness (QED) is 0.681. The largest absolute Gasteiger partial charge is 0.491 e. The fourth-order valence-corrected chi connectivity index (χ4v) is 1.41. The minimum Gasteiger partial charge on any atom is -0.491 e. The Morgan fingerprint density at radius 1 is 1.39 bits per heavy atom. The van der Waals surface area contributed by atoms with Gasteiger partial charge in [0.1, 0.15) is 18.5 Å². The zero-order valence-electron chi connectivity index (χ0n) is 11.3. The number of aryl methyl sites for hydroxylation is 1. The molecule has 3 N–H and O–H groups in total. The number of nitrogens with one attached hydrogen (secondary N) is 1. The van der Waals surface area contributed by atoms with Gasteiger partial charge in [-0.1, -0.05) is 12.1 Å². The lowest BCUT2D eigenvalue weighted by Crippen LogP contribution is -2.47. The first-order chi connectivity index (χ1) is 8.43. The number of aliphatic hydroxyl groups is 2. The van der Waals surface area contributed by atoms with Gasteiger partial charge in [0.2, 0.25) is 0 Å². The van der Waals surface area contributed by atoms with Crippen molar-refractivity contribution in [2.45, 2.75) is 32.4 Å². The van der Waals surface area contributed by atoms with E-state index in [1.165, 1.54) is 0 Å². The molecule has 0 fully saturated rings. The minimum atomic E-state index is -0.601. The zero-order chi connectivity index (χ0) is 13.6. The normalized spacial score (nSPS) is 13.4. The summed E-state index contributed by atoms with van der Waals surface area (Å²) in [5.74, 6) is 0.760. The van der Waals surface area contributed by atoms with Crippen LogP contribution in [-0.2, 0) is 0 Å². The Morgan fingerprint density at radius 3 is 2.72 bits per heavy atom. The number of rotatable bonds is 7. The van der Waals surface area contributed by atoms with Crippen molar-refractivity contribution < 1.29 is 14.9 Å². The van der Waals surface area contributed by atoms with Gasteiger partial charge >= 0.3 is 0 Å². The fourth-order valence-electron chi connectivity index (χ4n) is 1.41. The van der Waals surface area contributed by atoms with Gasteiger partial charge in [0.15, 0.2) is 0 Å². The summed E-state index contributed by atoms with van der Waals surface area (Å²) in [6.45, 7) is 6.40. The van der Waals surface area contributed by atoms with Crippen molar-refractivity contribution in [3.8, 4) is 5.75 Å². The summed E-state index contributed by atoms with van der Waals surface area (Å²) >= 11 is 0. The van der Waals surface area contributed by atoms with Crippen LogP contribution in [-0.4, -0.2) is 41.6 Å². The van der Waals surface area contributed by atoms with E-state index in [0.29, 0.717) is 6.54 Å². The molecule has 1 aromatic rings. The average molecular weight is 253 g/mol. The highest BCUT2D eigenvalue weighted by Gasteiger charge is 2.17. The number of hydrogen-bond acceptors (Lipinski definition) is 4. The molecule has 0 saturated heterocycles. The van der Waals surface area contributed by atoms with Crippen LogP contribution in [0.1, 0.15) is 19.4 Å². The third-order valence-electron chi connectivity index (χ3n) is 2.64. The maximum absolute atomic E-state index is 9.77. The first-order valence-corrected chi connectivity index (χ1v) is 6.16. The Hall–Kier alpha value is -1.10. The molecule has 102 valence electrons. The summed E-state index contributed by atoms with van der Waals surface area (Å²) in [6.07, 6.45) is -0.601. The maximum atomic E-state index is 9.77. The number of ether oxygens (including phenoxy) is 1. The van der Waals surface area contributed by atoms with Gasteiger partial charge in [0.05, 0.1) is 6.61 Å². The second-order valence-electron chi connectivity index (χ2n) is 5.20. The monoisotopic (exact) mass is 253 g/mol. The predicted octanol–water partition coefficient (Wildman–Crippen LogP) is 1.10. The Labute approximate surface area is 109 Å². The van der Waals surface area contributed by atoms with E-state index in [4.69, 9.17) is 9.84 Å². The van der Waals surface area contributed by atoms with E-state index < -0.39 is 6.10 Å². The molecular weight excluding hydrogens is 230 g/mol. The third-order valence-corrected chi connectivity index (χ3v) is 2.64. The van der Waals surface area contributed by atoms with Crippen LogP contribution in [0.25, 0.3) is 0 Å². The van der Waals surface area contributed by atoms with Gasteiger partial charge in [-0.05, 0) is 38.5 Å². The lowest BCUT2D eigenvalue weighted by molar-refractivity contribution is 0.0906. The van der Waals surface area contributed by atoms with Crippen LogP contribution in [0, 0.1) is 6.92 Å². The van der Waals surface area contributed by atoms with Crippen molar-refractivity contribution in [1.29, 1.82) is 0 Å². The molecule has 1 atom stereocenters. The lowest BCUT2D eigenvalue weighted by atomic mass is 10.1. The molecule has 0 unspecified atom stereocenters. The molecule has 0 aliphatic rings. The summed E-state index contributed by atoms with van der Waals surface area (Å²) in [5.41, 5.74) is 0.742. The second kappa shape index (κ2) is 6.73. The van der Waals surface area contributed by atoms with E-state index in [1.54, 1.807) is 0 Å². The van der Waals surface area contributed by atoms with Crippen LogP contribution < -0.4 is 10.1 Å². The summed E-state index contributed by atoms with van der Waals surface area (Å²) in [7, 11) is 0. The van der Waals surface area contributed by atoms with E-state index in [-0.39, 0.29) is 18.8 Å². The molecule has 0 bridgehead atoms. The molecule has 1 aromatic carbocycles. The molecule has 0 aromatic heterocycles. The van der Waals surface area contributed by atoms with E-state index in [2.05, 4.69) is 5.32 Å². The van der Waals surface area contributed by atoms with Crippen molar-refractivity contribution in [3.05, 3.63) is 29.8 Å². The van der Waals surface area contributed by atoms with E-state index in [1.807, 2.05) is 45.0 Å². The fraction of sp³-hybridized carbons (Fsp3) is 0.571. The zero-order valence-corrected chi connectivity index (χ0v) is 11.3. The van der Waals surface area contributed by atoms with Gasteiger partial charge in [0.25, 0.3) is 0 Å². The Balaban J connectivity index is 2.31. The highest BCUT2D eigenvalue weighted by molar-refractivity contribution is 5.27. The predicted molar refractivity (Wildman–Crippen MR) is 71.8 cm³/mol. The van der Waals surface area contributed by atoms with Crippen molar-refractivity contribution >= 4 is 0 Å². The molecule has 0 aliphatic heterocycles. The second-order valence-corrected chi connectivity index (χ2v) is 5.20. The molecule has 0 spiro atoms. The highest BCUT2D eigenvalue weighted by Crippen LogP contribution is 2.12. The topological polar surface area (TPSA) is 61.7 Å². The number of aliphatic hydroxyl groups excluding tert-OH is 2. The van der Waals surface area contributed by atoms with E-state index in [0.717, 1.165) is 11.3 Å². The molecule has 0 heterocycles. The Morgan fingerprint density at radius 2 is 2.11 bits per heavy atom. The Kier molecular flexibility index (Phi) is 5.59. The summed E-state index contributed by atoms with van der Waals surface area (Å²) < 4.78 is 5.49. The molecule has 0 radical (unpaired) electrons. The standard InChI is InChI=1S/C14H23NO3/c1-11-5-4-6-13(7-11)18-9-12(17)8-15-14(2,3)10-16/h4-7,12,15-17H,8-10H2,1-3H3/t12-/m1/s1. The van der Waals surface area contributed by atoms with Crippen LogP contribution in [0.2, 0.25) is 0 Å². The number of benzene rings is 1. The number of β-amino-alcohol motifs (C(OH)–C–C–N with tert-alkyl or cyclic N) is 1. The molecule has 0 saturated carbocycles. The van der Waals surface area contributed by atoms with Gasteiger partial charge < -0.3 is 20.3 Å². The van der Waals surface area contributed by atoms with E-state index in [9.17, 15) is 5.11 Å². The van der Waals surface area contributed by atoms with Crippen molar-refractivity contribution in [1.82, 2.24) is 5.32 Å². The lowest BCUT2D eigenvalue weighted by Gasteiger charge is -2.25. The molecule has 0 aliphatic carbocycles. The third kappa shape index (κ3) is 5.49. The average Bonchev–Trinajstić information content (AvgIpc) is 2.34. The van der Waals surface area contributed by atoms with Crippen LogP contribution in [0.15, 0.2) is 24.3 Å². The van der Waals surface area contributed by atoms with Crippen LogP contribution in [0.5, 0.6) is 5.75 Å². The minimum absolute atomic E-state index is 0.0262. The van der Waals surface area contributed by atoms with Gasteiger partial charge in [0, 0.05) is 12.1 Å². The van der Waals surface area contributed by atoms with Crippen molar-refractivity contribution in [2.24, 2.45) is 0 Å². The van der Waals surface area contributed by atoms with Gasteiger partial charge in [-0.2, -0.15) is 0 Å². The van der Waals surface area contributed by atoms with Gasteiger partial charge in [-0.25, -0.2) is 0 Å². The first kappa shape index (κ1) is 15.0. The van der Waals surface area contributed by atoms with Crippen molar-refractivity contribution in [2.75, 3.05) is 19.8 Å². The van der Waals surface area contributed by atoms with E-state index >= 15 is 0 Å². The van der Waals surface area contributed by atoms with Crippen molar-refractivity contribution in [3.63, 3.8) is 0 Å². The SMILES string of the molecule is Cc1cccc(OC[C@H](O)CNC(C)(C)CO)c1. The summed E-state index contributed by atoms with van der Waals surface area (Å²) in [6, 6.07) is 7.71. The highest BCUT2D eigenvalue weighted by atomic mass is 16.5. The van der Waals surface area contributed by atoms with Gasteiger partial charge in [-0.3, -0.25) is 0 Å². The molecule has 4 heteroatoms. The molecule has 0 amide bonds. The molecule has 4 nitrogen and oxygen atoms in total. The smallest absolute Gasteiger partial charge is 0.119 e. The summed E-state index contributed by atoms with van der Waals surface area (Å²) in [5, 5.41) is 21.9. The van der Waals surface area contributed by atoms with Crippen LogP contribution in [0.4, 0.5) is 0 Å². The maximum Gasteiger partial charge on any atom is 0.119 e. The van der Waals surface area contributed by atoms with Crippen LogP contribution in [0.3, 0.4) is 0 Å². The molecule has 1 rings (SSSR count). The first-order valence-electron chi connectivity index (χ1n) is 6.16. The molecule has 18 heavy (non-hydrogen) atoms. The van der Waals surface area contributed by atoms with Crippen LogP contribution >= 0.6 is 0 Å². The Bertz CT molecular complexity index is 366.